The fourth-order valence-electron chi connectivity index (χ4n) is 4.15. The highest BCUT2D eigenvalue weighted by atomic mass is 32.2. The maximum absolute atomic E-state index is 13.5. The summed E-state index contributed by atoms with van der Waals surface area (Å²) in [6.45, 7) is 0. The molecule has 0 atom stereocenters. The molecule has 1 aliphatic rings. The van der Waals surface area contributed by atoms with Crippen LogP contribution in [0.1, 0.15) is 20.7 Å². The predicted octanol–water partition coefficient (Wildman–Crippen LogP) is 4.17. The Morgan fingerprint density at radius 3 is 2.41 bits per heavy atom. The van der Waals surface area contributed by atoms with Gasteiger partial charge in [0.1, 0.15) is 0 Å². The van der Waals surface area contributed by atoms with Crippen molar-refractivity contribution in [3.63, 3.8) is 0 Å². The van der Waals surface area contributed by atoms with Crippen molar-refractivity contribution in [3.05, 3.63) is 77.9 Å². The lowest BCUT2D eigenvalue weighted by molar-refractivity contribution is 0.0602. The van der Waals surface area contributed by atoms with Crippen LogP contribution in [-0.4, -0.2) is 34.5 Å². The molecule has 0 fully saturated rings. The fourth-order valence-corrected chi connectivity index (χ4v) is 5.42. The van der Waals surface area contributed by atoms with Crippen molar-refractivity contribution in [2.75, 3.05) is 23.8 Å². The fraction of sp³-hybridized carbons (Fsp3) is 0.0833. The Kier molecular flexibility index (Phi) is 4.42. The first kappa shape index (κ1) is 20.0. The molecule has 0 unspecified atom stereocenters. The van der Waals surface area contributed by atoms with Crippen molar-refractivity contribution in [2.24, 2.45) is 0 Å². The summed E-state index contributed by atoms with van der Waals surface area (Å²) in [4.78, 5) is 26.4. The van der Waals surface area contributed by atoms with E-state index in [0.29, 0.717) is 22.0 Å². The number of nitrogens with zero attached hydrogens (tertiary/aromatic N) is 1. The predicted molar refractivity (Wildman–Crippen MR) is 123 cm³/mol. The normalized spacial score (nSPS) is 13.1. The van der Waals surface area contributed by atoms with Crippen molar-refractivity contribution >= 4 is 54.8 Å². The van der Waals surface area contributed by atoms with Crippen LogP contribution in [-0.2, 0) is 14.8 Å². The van der Waals surface area contributed by atoms with Crippen molar-refractivity contribution in [1.29, 1.82) is 0 Å². The molecule has 1 heterocycles. The summed E-state index contributed by atoms with van der Waals surface area (Å²) in [5, 5.41) is 2.58. The number of hydrogen-bond donors (Lipinski definition) is 1. The van der Waals surface area contributed by atoms with Gasteiger partial charge in [-0.05, 0) is 41.1 Å². The number of rotatable bonds is 4. The molecule has 4 aromatic carbocycles. The number of fused-ring (bicyclic) bond motifs is 1. The first-order valence-corrected chi connectivity index (χ1v) is 11.3. The van der Waals surface area contributed by atoms with Gasteiger partial charge in [0.2, 0.25) is 0 Å². The second-order valence-corrected chi connectivity index (χ2v) is 9.17. The van der Waals surface area contributed by atoms with Gasteiger partial charge in [-0.1, -0.05) is 36.4 Å². The van der Waals surface area contributed by atoms with Crippen LogP contribution >= 0.6 is 0 Å². The SMILES string of the molecule is COC(=O)c1cc2ccccc2cc1NS(=O)(=O)c1ccc2c3c(cccc13)C(=O)N2C. The highest BCUT2D eigenvalue weighted by Gasteiger charge is 2.30. The number of hydrogen-bond acceptors (Lipinski definition) is 5. The number of esters is 1. The monoisotopic (exact) mass is 446 g/mol. The van der Waals surface area contributed by atoms with Crippen molar-refractivity contribution < 1.29 is 22.7 Å². The van der Waals surface area contributed by atoms with Gasteiger partial charge in [-0.25, -0.2) is 13.2 Å². The van der Waals surface area contributed by atoms with Crippen LogP contribution in [0.25, 0.3) is 21.5 Å². The van der Waals surface area contributed by atoms with Gasteiger partial charge < -0.3 is 9.64 Å². The molecule has 160 valence electrons. The Labute approximate surface area is 184 Å². The number of sulfonamides is 1. The van der Waals surface area contributed by atoms with E-state index in [4.69, 9.17) is 4.74 Å². The van der Waals surface area contributed by atoms with Gasteiger partial charge in [0.15, 0.2) is 0 Å². The Bertz CT molecular complexity index is 1560. The van der Waals surface area contributed by atoms with E-state index in [9.17, 15) is 18.0 Å². The molecule has 0 aliphatic carbocycles. The van der Waals surface area contributed by atoms with E-state index in [-0.39, 0.29) is 22.1 Å². The summed E-state index contributed by atoms with van der Waals surface area (Å²) in [6, 6.07) is 18.6. The van der Waals surface area contributed by atoms with Gasteiger partial charge in [0.25, 0.3) is 15.9 Å². The Balaban J connectivity index is 1.68. The Hall–Kier alpha value is -3.91. The number of nitrogens with one attached hydrogen (secondary N) is 1. The van der Waals surface area contributed by atoms with Gasteiger partial charge in [0.05, 0.1) is 28.9 Å². The maximum Gasteiger partial charge on any atom is 0.340 e. The Morgan fingerprint density at radius 2 is 1.69 bits per heavy atom. The average Bonchev–Trinajstić information content (AvgIpc) is 3.04. The minimum Gasteiger partial charge on any atom is -0.465 e. The van der Waals surface area contributed by atoms with Crippen LogP contribution in [0.3, 0.4) is 0 Å². The van der Waals surface area contributed by atoms with Gasteiger partial charge in [-0.2, -0.15) is 0 Å². The summed E-state index contributed by atoms with van der Waals surface area (Å²) in [6.07, 6.45) is 0. The van der Waals surface area contributed by atoms with Crippen LogP contribution in [0.5, 0.6) is 0 Å². The zero-order valence-electron chi connectivity index (χ0n) is 17.2. The lowest BCUT2D eigenvalue weighted by atomic mass is 10.1. The minimum absolute atomic E-state index is 0.0187. The minimum atomic E-state index is -4.10. The first-order valence-electron chi connectivity index (χ1n) is 9.79. The third-order valence-electron chi connectivity index (χ3n) is 5.70. The quantitative estimate of drug-likeness (QED) is 0.475. The van der Waals surface area contributed by atoms with Crippen LogP contribution < -0.4 is 9.62 Å². The number of carbonyl (C=O) groups is 2. The highest BCUT2D eigenvalue weighted by molar-refractivity contribution is 7.93. The topological polar surface area (TPSA) is 92.8 Å². The molecule has 5 rings (SSSR count). The molecule has 1 N–H and O–H groups in total. The number of amides is 1. The molecule has 32 heavy (non-hydrogen) atoms. The van der Waals surface area contributed by atoms with E-state index in [2.05, 4.69) is 4.72 Å². The van der Waals surface area contributed by atoms with E-state index in [1.807, 2.05) is 24.3 Å². The third-order valence-corrected chi connectivity index (χ3v) is 7.12. The molecular weight excluding hydrogens is 428 g/mol. The first-order chi connectivity index (χ1) is 15.3. The molecule has 0 bridgehead atoms. The van der Waals surface area contributed by atoms with Crippen molar-refractivity contribution in [2.45, 2.75) is 4.90 Å². The molecule has 7 nitrogen and oxygen atoms in total. The van der Waals surface area contributed by atoms with Gasteiger partial charge in [0, 0.05) is 23.4 Å². The number of ether oxygens (including phenoxy) is 1. The van der Waals surface area contributed by atoms with Crippen molar-refractivity contribution in [3.8, 4) is 0 Å². The summed E-state index contributed by atoms with van der Waals surface area (Å²) in [7, 11) is -1.20. The summed E-state index contributed by atoms with van der Waals surface area (Å²) < 4.78 is 34.3. The second-order valence-electron chi connectivity index (χ2n) is 7.52. The van der Waals surface area contributed by atoms with Gasteiger partial charge in [-0.3, -0.25) is 9.52 Å². The number of carbonyl (C=O) groups excluding carboxylic acids is 2. The molecule has 0 aromatic heterocycles. The van der Waals surface area contributed by atoms with E-state index in [1.54, 1.807) is 43.4 Å². The molecular formula is C24H18N2O5S. The largest absolute Gasteiger partial charge is 0.465 e. The summed E-state index contributed by atoms with van der Waals surface area (Å²) >= 11 is 0. The maximum atomic E-state index is 13.5. The molecule has 1 amide bonds. The van der Waals surface area contributed by atoms with Crippen molar-refractivity contribution in [1.82, 2.24) is 0 Å². The highest BCUT2D eigenvalue weighted by Crippen LogP contribution is 2.40. The molecule has 8 heteroatoms. The molecule has 1 aliphatic heterocycles. The van der Waals surface area contributed by atoms with E-state index >= 15 is 0 Å². The lowest BCUT2D eigenvalue weighted by Crippen LogP contribution is -2.20. The zero-order valence-corrected chi connectivity index (χ0v) is 18.1. The van der Waals surface area contributed by atoms with E-state index < -0.39 is 16.0 Å². The summed E-state index contributed by atoms with van der Waals surface area (Å²) in [5.41, 5.74) is 1.33. The average molecular weight is 446 g/mol. The van der Waals surface area contributed by atoms with Gasteiger partial charge >= 0.3 is 5.97 Å². The molecule has 0 radical (unpaired) electrons. The third kappa shape index (κ3) is 2.91. The number of benzene rings is 4. The molecule has 0 spiro atoms. The van der Waals surface area contributed by atoms with Crippen LogP contribution in [0.4, 0.5) is 11.4 Å². The molecule has 4 aromatic rings. The van der Waals surface area contributed by atoms with Gasteiger partial charge in [-0.15, -0.1) is 0 Å². The van der Waals surface area contributed by atoms with Crippen LogP contribution in [0.2, 0.25) is 0 Å². The van der Waals surface area contributed by atoms with E-state index in [0.717, 1.165) is 10.8 Å². The standard InChI is InChI=1S/C24H18N2O5S/c1-26-20-10-11-21(16-8-5-9-17(22(16)20)23(26)27)32(29,30)25-19-13-15-7-4-3-6-14(15)12-18(19)24(28)31-2/h3-13,25H,1-2H3. The molecule has 0 saturated carbocycles. The number of anilines is 2. The van der Waals surface area contributed by atoms with Crippen LogP contribution in [0, 0.1) is 0 Å². The zero-order chi connectivity index (χ0) is 22.6. The number of methoxy groups -OCH3 is 1. The lowest BCUT2D eigenvalue weighted by Gasteiger charge is -2.15. The smallest absolute Gasteiger partial charge is 0.340 e. The second kappa shape index (κ2) is 7.06. The van der Waals surface area contributed by atoms with E-state index in [1.165, 1.54) is 18.1 Å². The molecule has 0 saturated heterocycles. The van der Waals surface area contributed by atoms with Crippen LogP contribution in [0.15, 0.2) is 71.6 Å². The summed E-state index contributed by atoms with van der Waals surface area (Å²) in [5.74, 6) is -0.836. The Morgan fingerprint density at radius 1 is 0.969 bits per heavy atom.